The lowest BCUT2D eigenvalue weighted by Gasteiger charge is -2.12. The number of ether oxygens (including phenoxy) is 1. The fourth-order valence-corrected chi connectivity index (χ4v) is 5.01. The summed E-state index contributed by atoms with van der Waals surface area (Å²) in [6.07, 6.45) is 2.00. The Morgan fingerprint density at radius 1 is 1.19 bits per heavy atom. The minimum absolute atomic E-state index is 0.102. The minimum Gasteiger partial charge on any atom is -0.495 e. The number of imidazole rings is 1. The van der Waals surface area contributed by atoms with E-state index >= 15 is 0 Å². The van der Waals surface area contributed by atoms with Crippen LogP contribution in [0.2, 0.25) is 0 Å². The lowest BCUT2D eigenvalue weighted by atomic mass is 10.1. The van der Waals surface area contributed by atoms with Crippen LogP contribution in [0, 0.1) is 0 Å². The zero-order valence-corrected chi connectivity index (χ0v) is 15.7. The fraction of sp³-hybridized carbons (Fsp3) is 0.167. The summed E-state index contributed by atoms with van der Waals surface area (Å²) in [6.45, 7) is 0.952. The van der Waals surface area contributed by atoms with Gasteiger partial charge in [-0.15, -0.1) is 0 Å². The molecular weight excluding hydrogens is 370 g/mol. The van der Waals surface area contributed by atoms with E-state index in [2.05, 4.69) is 14.3 Å². The van der Waals surface area contributed by atoms with Gasteiger partial charge in [0.15, 0.2) is 5.16 Å². The number of rotatable bonds is 5. The summed E-state index contributed by atoms with van der Waals surface area (Å²) in [7, 11) is -2.31. The molecule has 0 radical (unpaired) electrons. The predicted octanol–water partition coefficient (Wildman–Crippen LogP) is 3.47. The van der Waals surface area contributed by atoms with Crippen molar-refractivity contribution in [3.05, 3.63) is 54.7 Å². The van der Waals surface area contributed by atoms with Gasteiger partial charge in [0.05, 0.1) is 12.8 Å². The highest BCUT2D eigenvalue weighted by molar-refractivity contribution is 7.99. The molecule has 0 saturated carbocycles. The molecule has 0 fully saturated rings. The molecule has 2 heterocycles. The molecule has 6 nitrogen and oxygen atoms in total. The van der Waals surface area contributed by atoms with Gasteiger partial charge in [-0.2, -0.15) is 0 Å². The average molecular weight is 387 g/mol. The molecule has 0 unspecified atom stereocenters. The molecular formula is C18H17N3O3S2. The van der Waals surface area contributed by atoms with Crippen LogP contribution in [0.5, 0.6) is 5.75 Å². The summed E-state index contributed by atoms with van der Waals surface area (Å²) >= 11 is 1.73. The smallest absolute Gasteiger partial charge is 0.265 e. The number of aryl methyl sites for hydroxylation is 1. The third-order valence-corrected chi connectivity index (χ3v) is 6.46. The number of fused-ring (bicyclic) bond motifs is 1. The molecule has 0 bridgehead atoms. The van der Waals surface area contributed by atoms with Gasteiger partial charge in [-0.3, -0.25) is 4.72 Å². The third-order valence-electron chi connectivity index (χ3n) is 4.07. The Bertz CT molecular complexity index is 1040. The van der Waals surface area contributed by atoms with E-state index < -0.39 is 10.0 Å². The van der Waals surface area contributed by atoms with Crippen molar-refractivity contribution in [2.24, 2.45) is 0 Å². The van der Waals surface area contributed by atoms with Gasteiger partial charge >= 0.3 is 0 Å². The number of aromatic nitrogens is 2. The molecule has 0 saturated heterocycles. The number of nitrogens with zero attached hydrogens (tertiary/aromatic N) is 2. The van der Waals surface area contributed by atoms with Crippen molar-refractivity contribution in [3.63, 3.8) is 0 Å². The quantitative estimate of drug-likeness (QED) is 0.726. The van der Waals surface area contributed by atoms with Gasteiger partial charge in [0.1, 0.15) is 10.6 Å². The van der Waals surface area contributed by atoms with Crippen molar-refractivity contribution in [3.8, 4) is 17.0 Å². The summed E-state index contributed by atoms with van der Waals surface area (Å²) in [5.74, 6) is 1.35. The Hall–Kier alpha value is -2.45. The van der Waals surface area contributed by atoms with Gasteiger partial charge < -0.3 is 9.30 Å². The molecule has 4 rings (SSSR count). The van der Waals surface area contributed by atoms with E-state index in [1.807, 2.05) is 18.3 Å². The van der Waals surface area contributed by atoms with Crippen molar-refractivity contribution >= 4 is 27.5 Å². The van der Waals surface area contributed by atoms with Crippen LogP contribution in [0.4, 0.5) is 5.69 Å². The summed E-state index contributed by atoms with van der Waals surface area (Å²) in [6, 6.07) is 13.8. The van der Waals surface area contributed by atoms with Crippen LogP contribution >= 0.6 is 11.8 Å². The van der Waals surface area contributed by atoms with E-state index in [-0.39, 0.29) is 4.90 Å². The molecule has 1 aliphatic rings. The van der Waals surface area contributed by atoms with E-state index in [1.54, 1.807) is 42.1 Å². The van der Waals surface area contributed by atoms with E-state index in [4.69, 9.17) is 4.74 Å². The van der Waals surface area contributed by atoms with Crippen LogP contribution in [0.1, 0.15) is 0 Å². The van der Waals surface area contributed by atoms with Crippen LogP contribution in [-0.4, -0.2) is 30.8 Å². The standard InChI is InChI=1S/C18H17N3O3S2/c1-24-16-7-2-3-8-17(16)26(22,23)20-14-6-4-5-13(11-14)15-12-21-9-10-25-18(21)19-15/h2-8,11-12,20H,9-10H2,1H3. The number of methoxy groups -OCH3 is 1. The van der Waals surface area contributed by atoms with E-state index in [9.17, 15) is 8.42 Å². The van der Waals surface area contributed by atoms with Gasteiger partial charge in [-0.1, -0.05) is 36.0 Å². The van der Waals surface area contributed by atoms with Crippen molar-refractivity contribution in [1.29, 1.82) is 0 Å². The van der Waals surface area contributed by atoms with Gasteiger partial charge in [0.25, 0.3) is 10.0 Å². The molecule has 0 aliphatic carbocycles. The fourth-order valence-electron chi connectivity index (χ4n) is 2.84. The maximum atomic E-state index is 12.7. The molecule has 0 amide bonds. The second-order valence-electron chi connectivity index (χ2n) is 5.79. The Morgan fingerprint density at radius 3 is 2.85 bits per heavy atom. The van der Waals surface area contributed by atoms with Gasteiger partial charge in [0.2, 0.25) is 0 Å². The first-order valence-electron chi connectivity index (χ1n) is 8.03. The maximum Gasteiger partial charge on any atom is 0.265 e. The van der Waals surface area contributed by atoms with E-state index in [0.717, 1.165) is 28.7 Å². The van der Waals surface area contributed by atoms with Crippen LogP contribution in [0.25, 0.3) is 11.3 Å². The van der Waals surface area contributed by atoms with Crippen LogP contribution in [-0.2, 0) is 16.6 Å². The highest BCUT2D eigenvalue weighted by Crippen LogP contribution is 2.31. The summed E-state index contributed by atoms with van der Waals surface area (Å²) in [5, 5.41) is 1.00. The largest absolute Gasteiger partial charge is 0.495 e. The molecule has 8 heteroatoms. The summed E-state index contributed by atoms with van der Waals surface area (Å²) in [5.41, 5.74) is 2.19. The second-order valence-corrected chi connectivity index (χ2v) is 8.50. The number of anilines is 1. The first-order chi connectivity index (χ1) is 12.6. The molecule has 1 N–H and O–H groups in total. The highest BCUT2D eigenvalue weighted by atomic mass is 32.2. The number of thioether (sulfide) groups is 1. The Morgan fingerprint density at radius 2 is 2.04 bits per heavy atom. The van der Waals surface area contributed by atoms with Crippen LogP contribution in [0.3, 0.4) is 0 Å². The zero-order valence-electron chi connectivity index (χ0n) is 14.0. The third kappa shape index (κ3) is 3.17. The summed E-state index contributed by atoms with van der Waals surface area (Å²) < 4.78 is 35.4. The maximum absolute atomic E-state index is 12.7. The lowest BCUT2D eigenvalue weighted by molar-refractivity contribution is 0.403. The van der Waals surface area contributed by atoms with E-state index in [0.29, 0.717) is 11.4 Å². The number of hydrogen-bond acceptors (Lipinski definition) is 5. The first kappa shape index (κ1) is 17.0. The molecule has 134 valence electrons. The van der Waals surface area contributed by atoms with Crippen molar-refractivity contribution < 1.29 is 13.2 Å². The highest BCUT2D eigenvalue weighted by Gasteiger charge is 2.20. The van der Waals surface area contributed by atoms with Gasteiger partial charge in [0, 0.05) is 29.7 Å². The van der Waals surface area contributed by atoms with Gasteiger partial charge in [-0.25, -0.2) is 13.4 Å². The molecule has 1 aromatic heterocycles. The second kappa shape index (κ2) is 6.69. The number of benzene rings is 2. The SMILES string of the molecule is COc1ccccc1S(=O)(=O)Nc1cccc(-c2cn3c(n2)SCC3)c1. The van der Waals surface area contributed by atoms with Crippen molar-refractivity contribution in [2.75, 3.05) is 17.6 Å². The molecule has 0 spiro atoms. The Labute approximate surface area is 156 Å². The predicted molar refractivity (Wildman–Crippen MR) is 102 cm³/mol. The normalized spacial score (nSPS) is 13.4. The molecule has 26 heavy (non-hydrogen) atoms. The first-order valence-corrected chi connectivity index (χ1v) is 10.5. The Balaban J connectivity index is 1.64. The number of nitrogens with one attached hydrogen (secondary N) is 1. The minimum atomic E-state index is -3.76. The van der Waals surface area contributed by atoms with Gasteiger partial charge in [-0.05, 0) is 24.3 Å². The summed E-state index contributed by atoms with van der Waals surface area (Å²) in [4.78, 5) is 4.71. The van der Waals surface area contributed by atoms with E-state index in [1.165, 1.54) is 13.2 Å². The molecule has 3 aromatic rings. The van der Waals surface area contributed by atoms with Crippen LogP contribution in [0.15, 0.2) is 64.8 Å². The Kier molecular flexibility index (Phi) is 4.37. The number of hydrogen-bond donors (Lipinski definition) is 1. The monoisotopic (exact) mass is 387 g/mol. The van der Waals surface area contributed by atoms with Crippen molar-refractivity contribution in [1.82, 2.24) is 9.55 Å². The topological polar surface area (TPSA) is 73.2 Å². The van der Waals surface area contributed by atoms with Crippen LogP contribution < -0.4 is 9.46 Å². The lowest BCUT2D eigenvalue weighted by Crippen LogP contribution is -2.14. The average Bonchev–Trinajstić information content (AvgIpc) is 3.23. The number of para-hydroxylation sites is 1. The molecule has 2 aromatic carbocycles. The van der Waals surface area contributed by atoms with Crippen molar-refractivity contribution in [2.45, 2.75) is 16.6 Å². The molecule has 1 aliphatic heterocycles. The zero-order chi connectivity index (χ0) is 18.1. The molecule has 0 atom stereocenters. The number of sulfonamides is 1.